The van der Waals surface area contributed by atoms with E-state index in [4.69, 9.17) is 0 Å². The van der Waals surface area contributed by atoms with Crippen molar-refractivity contribution in [3.05, 3.63) is 41.2 Å². The van der Waals surface area contributed by atoms with Crippen LogP contribution in [0.25, 0.3) is 0 Å². The van der Waals surface area contributed by atoms with Gasteiger partial charge in [0.1, 0.15) is 0 Å². The summed E-state index contributed by atoms with van der Waals surface area (Å²) in [5.74, 6) is 0. The monoisotopic (exact) mass is 136 g/mol. The minimum absolute atomic E-state index is 0.803. The van der Waals surface area contributed by atoms with Crippen molar-refractivity contribution in [2.75, 3.05) is 7.05 Å². The molecule has 1 aliphatic heterocycles. The lowest BCUT2D eigenvalue weighted by Crippen LogP contribution is -2.09. The highest BCUT2D eigenvalue weighted by Crippen LogP contribution is 2.08. The molecule has 1 heterocycles. The Morgan fingerprint density at radius 3 is 3.00 bits per heavy atom. The lowest BCUT2D eigenvalue weighted by Gasteiger charge is -2.15. The van der Waals surface area contributed by atoms with E-state index < -0.39 is 0 Å². The minimum Gasteiger partial charge on any atom is -0.350 e. The predicted octanol–water partition coefficient (Wildman–Crippen LogP) is 1.61. The average molecular weight is 136 g/mol. The first kappa shape index (κ1) is 6.74. The molecule has 0 aliphatic carbocycles. The van der Waals surface area contributed by atoms with Crippen molar-refractivity contribution in [2.24, 2.45) is 5.18 Å². The number of nitroso groups, excluding NO2 is 1. The molecule has 0 aromatic heterocycles. The van der Waals surface area contributed by atoms with Gasteiger partial charge in [0.2, 0.25) is 0 Å². The van der Waals surface area contributed by atoms with E-state index in [2.05, 4.69) is 5.18 Å². The lowest BCUT2D eigenvalue weighted by atomic mass is 10.3. The Labute approximate surface area is 59.3 Å². The topological polar surface area (TPSA) is 32.7 Å². The minimum atomic E-state index is 0.803. The molecule has 0 radical (unpaired) electrons. The van der Waals surface area contributed by atoms with Crippen molar-refractivity contribution >= 4 is 0 Å². The Balaban J connectivity index is 2.79. The van der Waals surface area contributed by atoms with Gasteiger partial charge in [-0.15, -0.1) is 4.91 Å². The molecule has 0 saturated heterocycles. The first-order chi connectivity index (χ1) is 4.84. The lowest BCUT2D eigenvalue weighted by molar-refractivity contribution is 0.582. The Morgan fingerprint density at radius 2 is 2.40 bits per heavy atom. The number of nitrogens with zero attached hydrogens (tertiary/aromatic N) is 2. The van der Waals surface area contributed by atoms with Crippen molar-refractivity contribution < 1.29 is 0 Å². The van der Waals surface area contributed by atoms with Crippen molar-refractivity contribution in [3.63, 3.8) is 0 Å². The van der Waals surface area contributed by atoms with E-state index in [1.165, 1.54) is 6.20 Å². The Kier molecular flexibility index (Phi) is 1.99. The Morgan fingerprint density at radius 1 is 1.60 bits per heavy atom. The summed E-state index contributed by atoms with van der Waals surface area (Å²) in [6.07, 6.45) is 8.71. The largest absolute Gasteiger partial charge is 0.350 e. The summed E-state index contributed by atoms with van der Waals surface area (Å²) in [7, 11) is 1.86. The van der Waals surface area contributed by atoms with Gasteiger partial charge in [0.25, 0.3) is 0 Å². The molecular formula is C7H8N2O. The summed E-state index contributed by atoms with van der Waals surface area (Å²) >= 11 is 0. The van der Waals surface area contributed by atoms with Crippen LogP contribution >= 0.6 is 0 Å². The van der Waals surface area contributed by atoms with Gasteiger partial charge in [0, 0.05) is 13.2 Å². The van der Waals surface area contributed by atoms with Crippen LogP contribution < -0.4 is 0 Å². The van der Waals surface area contributed by atoms with E-state index in [1.54, 1.807) is 0 Å². The molecule has 1 rings (SSSR count). The Bertz CT molecular complexity index is 216. The second kappa shape index (κ2) is 2.96. The van der Waals surface area contributed by atoms with E-state index in [1.807, 2.05) is 36.4 Å². The highest BCUT2D eigenvalue weighted by molar-refractivity contribution is 5.26. The molecule has 52 valence electrons. The fourth-order valence-corrected chi connectivity index (χ4v) is 0.725. The van der Waals surface area contributed by atoms with Crippen LogP contribution in [-0.2, 0) is 0 Å². The quantitative estimate of drug-likeness (QED) is 0.513. The standard InChI is InChI=1S/C7H8N2O/c1-9-5-3-2-4-7(9)6-8-10/h2-6H,1H3. The van der Waals surface area contributed by atoms with E-state index in [0.29, 0.717) is 0 Å². The summed E-state index contributed by atoms with van der Waals surface area (Å²) in [5.41, 5.74) is 0.803. The zero-order valence-electron chi connectivity index (χ0n) is 5.69. The van der Waals surface area contributed by atoms with Crippen LogP contribution in [-0.4, -0.2) is 11.9 Å². The molecule has 0 saturated carbocycles. The van der Waals surface area contributed by atoms with E-state index >= 15 is 0 Å². The molecule has 0 bridgehead atoms. The maximum absolute atomic E-state index is 9.81. The van der Waals surface area contributed by atoms with E-state index in [-0.39, 0.29) is 0 Å². The third kappa shape index (κ3) is 1.31. The molecular weight excluding hydrogens is 128 g/mol. The van der Waals surface area contributed by atoms with Crippen LogP contribution in [0.2, 0.25) is 0 Å². The van der Waals surface area contributed by atoms with Crippen molar-refractivity contribution in [2.45, 2.75) is 0 Å². The van der Waals surface area contributed by atoms with Crippen LogP contribution in [0.3, 0.4) is 0 Å². The Hall–Kier alpha value is -1.38. The van der Waals surface area contributed by atoms with Gasteiger partial charge in [-0.05, 0) is 17.3 Å². The van der Waals surface area contributed by atoms with Crippen molar-refractivity contribution in [3.8, 4) is 0 Å². The molecule has 1 aliphatic rings. The number of hydrogen-bond donors (Lipinski definition) is 0. The van der Waals surface area contributed by atoms with E-state index in [0.717, 1.165) is 5.70 Å². The molecule has 0 atom stereocenters. The first-order valence-electron chi connectivity index (χ1n) is 2.95. The van der Waals surface area contributed by atoms with Crippen molar-refractivity contribution in [1.82, 2.24) is 4.90 Å². The highest BCUT2D eigenvalue weighted by atomic mass is 16.2. The van der Waals surface area contributed by atoms with E-state index in [9.17, 15) is 4.91 Å². The van der Waals surface area contributed by atoms with Gasteiger partial charge in [-0.3, -0.25) is 0 Å². The van der Waals surface area contributed by atoms with Crippen LogP contribution in [0.1, 0.15) is 0 Å². The highest BCUT2D eigenvalue weighted by Gasteiger charge is 1.98. The normalized spacial score (nSPS) is 20.1. The summed E-state index contributed by atoms with van der Waals surface area (Å²) in [6, 6.07) is 0. The summed E-state index contributed by atoms with van der Waals surface area (Å²) in [5, 5.41) is 2.67. The molecule has 0 aromatic rings. The van der Waals surface area contributed by atoms with Crippen LogP contribution in [0.4, 0.5) is 0 Å². The maximum atomic E-state index is 9.81. The molecule has 0 amide bonds. The molecule has 3 nitrogen and oxygen atoms in total. The number of likely N-dealkylation sites (N-methyl/N-ethyl adjacent to an activating group) is 1. The fourth-order valence-electron chi connectivity index (χ4n) is 0.725. The van der Waals surface area contributed by atoms with Gasteiger partial charge in [-0.25, -0.2) is 0 Å². The third-order valence-electron chi connectivity index (χ3n) is 1.28. The molecule has 0 unspecified atom stereocenters. The van der Waals surface area contributed by atoms with Gasteiger partial charge in [0.05, 0.1) is 11.9 Å². The number of rotatable bonds is 1. The molecule has 0 N–H and O–H groups in total. The summed E-state index contributed by atoms with van der Waals surface area (Å²) in [6.45, 7) is 0. The molecule has 0 aromatic carbocycles. The fraction of sp³-hybridized carbons (Fsp3) is 0.143. The van der Waals surface area contributed by atoms with Crippen LogP contribution in [0.15, 0.2) is 41.5 Å². The van der Waals surface area contributed by atoms with Gasteiger partial charge >= 0.3 is 0 Å². The zero-order valence-corrected chi connectivity index (χ0v) is 5.69. The number of hydrogen-bond acceptors (Lipinski definition) is 3. The summed E-state index contributed by atoms with van der Waals surface area (Å²) in [4.78, 5) is 11.6. The second-order valence-electron chi connectivity index (χ2n) is 1.97. The maximum Gasteiger partial charge on any atom is 0.0951 e. The van der Waals surface area contributed by atoms with Gasteiger partial charge < -0.3 is 4.90 Å². The SMILES string of the molecule is CN1C=CC=CC1=CN=O. The second-order valence-corrected chi connectivity index (χ2v) is 1.97. The first-order valence-corrected chi connectivity index (χ1v) is 2.95. The molecule has 0 spiro atoms. The number of allylic oxidation sites excluding steroid dienone is 3. The molecule has 0 fully saturated rings. The smallest absolute Gasteiger partial charge is 0.0951 e. The van der Waals surface area contributed by atoms with Crippen LogP contribution in [0.5, 0.6) is 0 Å². The van der Waals surface area contributed by atoms with Crippen molar-refractivity contribution in [1.29, 1.82) is 0 Å². The molecule has 3 heteroatoms. The zero-order chi connectivity index (χ0) is 7.40. The van der Waals surface area contributed by atoms with Crippen LogP contribution in [0, 0.1) is 4.91 Å². The van der Waals surface area contributed by atoms with Gasteiger partial charge in [-0.2, -0.15) is 0 Å². The van der Waals surface area contributed by atoms with Gasteiger partial charge in [0.15, 0.2) is 0 Å². The predicted molar refractivity (Wildman–Crippen MR) is 39.9 cm³/mol. The molecule has 10 heavy (non-hydrogen) atoms. The average Bonchev–Trinajstić information content (AvgIpc) is 1.94. The third-order valence-corrected chi connectivity index (χ3v) is 1.28. The summed E-state index contributed by atoms with van der Waals surface area (Å²) < 4.78 is 0. The van der Waals surface area contributed by atoms with Gasteiger partial charge in [-0.1, -0.05) is 6.08 Å².